The van der Waals surface area contributed by atoms with Crippen LogP contribution in [-0.2, 0) is 16.1 Å². The number of amides is 2. The summed E-state index contributed by atoms with van der Waals surface area (Å²) in [4.78, 5) is 39.4. The summed E-state index contributed by atoms with van der Waals surface area (Å²) in [5.74, 6) is -2.68. The highest BCUT2D eigenvalue weighted by Gasteiger charge is 2.24. The van der Waals surface area contributed by atoms with E-state index in [0.717, 1.165) is 10.6 Å². The Balaban J connectivity index is 2.62. The third-order valence-electron chi connectivity index (χ3n) is 2.55. The average Bonchev–Trinajstić information content (AvgIpc) is 2.73. The van der Waals surface area contributed by atoms with Crippen molar-refractivity contribution in [2.45, 2.75) is 25.9 Å². The quantitative estimate of drug-likeness (QED) is 0.704. The Kier molecular flexibility index (Phi) is 5.44. The molecule has 20 heavy (non-hydrogen) atoms. The van der Waals surface area contributed by atoms with Gasteiger partial charge in [0.2, 0.25) is 0 Å². The van der Waals surface area contributed by atoms with Crippen molar-refractivity contribution < 1.29 is 24.6 Å². The number of aryl methyl sites for hydroxylation is 1. The van der Waals surface area contributed by atoms with E-state index < -0.39 is 30.4 Å². The van der Waals surface area contributed by atoms with Crippen molar-refractivity contribution >= 4 is 29.3 Å². The molecule has 1 heterocycles. The van der Waals surface area contributed by atoms with Crippen LogP contribution < -0.4 is 5.32 Å². The smallest absolute Gasteiger partial charge is 0.326 e. The van der Waals surface area contributed by atoms with E-state index in [1.165, 1.54) is 23.3 Å². The zero-order valence-corrected chi connectivity index (χ0v) is 11.8. The van der Waals surface area contributed by atoms with Gasteiger partial charge in [-0.1, -0.05) is 0 Å². The molecule has 2 amide bonds. The maximum Gasteiger partial charge on any atom is 0.326 e. The lowest BCUT2D eigenvalue weighted by molar-refractivity contribution is -0.145. The molecule has 0 saturated heterocycles. The van der Waals surface area contributed by atoms with Crippen molar-refractivity contribution in [2.24, 2.45) is 0 Å². The number of urea groups is 1. The first-order valence-corrected chi connectivity index (χ1v) is 6.54. The van der Waals surface area contributed by atoms with Crippen molar-refractivity contribution in [1.82, 2.24) is 15.2 Å². The van der Waals surface area contributed by atoms with Gasteiger partial charge in [0, 0.05) is 11.9 Å². The summed E-state index contributed by atoms with van der Waals surface area (Å²) in [5, 5.41) is 19.6. The van der Waals surface area contributed by atoms with Crippen LogP contribution in [0.1, 0.15) is 17.0 Å². The first-order valence-electron chi connectivity index (χ1n) is 5.66. The molecule has 9 heteroatoms. The van der Waals surface area contributed by atoms with Crippen LogP contribution in [0.2, 0.25) is 0 Å². The van der Waals surface area contributed by atoms with Gasteiger partial charge in [0.1, 0.15) is 6.04 Å². The highest BCUT2D eigenvalue weighted by molar-refractivity contribution is 7.09. The molecule has 8 nitrogen and oxygen atoms in total. The number of thiazole rings is 1. The second-order valence-corrected chi connectivity index (χ2v) is 5.09. The maximum absolute atomic E-state index is 11.8. The summed E-state index contributed by atoms with van der Waals surface area (Å²) in [6, 6.07) is -2.10. The Bertz CT molecular complexity index is 516. The lowest BCUT2D eigenvalue weighted by Crippen LogP contribution is -2.47. The van der Waals surface area contributed by atoms with Crippen LogP contribution in [0.15, 0.2) is 5.51 Å². The molecule has 0 spiro atoms. The van der Waals surface area contributed by atoms with Gasteiger partial charge in [0.05, 0.1) is 24.2 Å². The van der Waals surface area contributed by atoms with E-state index in [9.17, 15) is 14.4 Å². The first-order chi connectivity index (χ1) is 9.31. The fraction of sp³-hybridized carbons (Fsp3) is 0.455. The van der Waals surface area contributed by atoms with Crippen LogP contribution in [0.3, 0.4) is 0 Å². The van der Waals surface area contributed by atoms with E-state index in [-0.39, 0.29) is 6.54 Å². The Morgan fingerprint density at radius 3 is 2.55 bits per heavy atom. The van der Waals surface area contributed by atoms with E-state index in [0.29, 0.717) is 0 Å². The summed E-state index contributed by atoms with van der Waals surface area (Å²) < 4.78 is 0. The second kappa shape index (κ2) is 6.85. The molecule has 3 N–H and O–H groups in total. The Morgan fingerprint density at radius 1 is 1.45 bits per heavy atom. The van der Waals surface area contributed by atoms with Crippen LogP contribution in [0.4, 0.5) is 4.79 Å². The zero-order valence-electron chi connectivity index (χ0n) is 11.0. The van der Waals surface area contributed by atoms with Crippen molar-refractivity contribution in [3.63, 3.8) is 0 Å². The molecule has 0 bridgehead atoms. The predicted octanol–water partition coefficient (Wildman–Crippen LogP) is 0.521. The lowest BCUT2D eigenvalue weighted by Gasteiger charge is -2.20. The summed E-state index contributed by atoms with van der Waals surface area (Å²) in [6.07, 6.45) is -0.672. The van der Waals surface area contributed by atoms with Crippen molar-refractivity contribution in [3.8, 4) is 0 Å². The Hall–Kier alpha value is -2.16. The second-order valence-electron chi connectivity index (χ2n) is 4.16. The summed E-state index contributed by atoms with van der Waals surface area (Å²) in [6.45, 7) is 2.09. The number of aromatic nitrogens is 1. The maximum atomic E-state index is 11.8. The molecule has 0 aliphatic heterocycles. The number of hydrogen-bond donors (Lipinski definition) is 3. The van der Waals surface area contributed by atoms with Gasteiger partial charge >= 0.3 is 18.0 Å². The monoisotopic (exact) mass is 301 g/mol. The average molecular weight is 301 g/mol. The topological polar surface area (TPSA) is 120 Å². The van der Waals surface area contributed by atoms with Crippen LogP contribution in [-0.4, -0.2) is 51.2 Å². The fourth-order valence-electron chi connectivity index (χ4n) is 1.40. The molecule has 1 atom stereocenters. The highest BCUT2D eigenvalue weighted by Crippen LogP contribution is 2.14. The van der Waals surface area contributed by atoms with E-state index >= 15 is 0 Å². The molecule has 0 saturated carbocycles. The SMILES string of the molecule is Cc1ncsc1CN(C)C(=O)N[C@H](CC(=O)O)C(=O)O. The molecular formula is C11H15N3O5S. The summed E-state index contributed by atoms with van der Waals surface area (Å²) in [5.41, 5.74) is 2.45. The molecular weight excluding hydrogens is 286 g/mol. The van der Waals surface area contributed by atoms with E-state index in [1.54, 1.807) is 5.51 Å². The van der Waals surface area contributed by atoms with Gasteiger partial charge in [-0.05, 0) is 6.92 Å². The van der Waals surface area contributed by atoms with E-state index in [4.69, 9.17) is 10.2 Å². The first kappa shape index (κ1) is 15.9. The lowest BCUT2D eigenvalue weighted by atomic mass is 10.2. The standard InChI is InChI=1S/C11H15N3O5S/c1-6-8(20-5-12-6)4-14(2)11(19)13-7(10(17)18)3-9(15)16/h5,7H,3-4H2,1-2H3,(H,13,19)(H,15,16)(H,17,18)/t7-/m1/s1. The molecule has 0 aliphatic rings. The highest BCUT2D eigenvalue weighted by atomic mass is 32.1. The largest absolute Gasteiger partial charge is 0.481 e. The van der Waals surface area contributed by atoms with E-state index in [2.05, 4.69) is 10.3 Å². The van der Waals surface area contributed by atoms with Gasteiger partial charge in [-0.3, -0.25) is 4.79 Å². The number of aliphatic carboxylic acids is 2. The summed E-state index contributed by atoms with van der Waals surface area (Å²) >= 11 is 1.39. The van der Waals surface area contributed by atoms with Crippen LogP contribution in [0, 0.1) is 6.92 Å². The third kappa shape index (κ3) is 4.50. The van der Waals surface area contributed by atoms with Crippen LogP contribution in [0.25, 0.3) is 0 Å². The van der Waals surface area contributed by atoms with Gasteiger partial charge in [-0.25, -0.2) is 14.6 Å². The van der Waals surface area contributed by atoms with Gasteiger partial charge in [0.25, 0.3) is 0 Å². The number of hydrogen-bond acceptors (Lipinski definition) is 5. The number of carbonyl (C=O) groups excluding carboxylic acids is 1. The normalized spacial score (nSPS) is 11.7. The molecule has 1 aromatic heterocycles. The van der Waals surface area contributed by atoms with Gasteiger partial charge in [-0.2, -0.15) is 0 Å². The van der Waals surface area contributed by atoms with E-state index in [1.807, 2.05) is 6.92 Å². The number of nitrogens with one attached hydrogen (secondary N) is 1. The number of carboxylic acids is 2. The predicted molar refractivity (Wildman–Crippen MR) is 70.5 cm³/mol. The zero-order chi connectivity index (χ0) is 15.3. The molecule has 0 fully saturated rings. The van der Waals surface area contributed by atoms with Crippen LogP contribution in [0.5, 0.6) is 0 Å². The Morgan fingerprint density at radius 2 is 2.10 bits per heavy atom. The number of carbonyl (C=O) groups is 3. The molecule has 0 aromatic carbocycles. The molecule has 0 radical (unpaired) electrons. The third-order valence-corrected chi connectivity index (χ3v) is 3.47. The molecule has 1 rings (SSSR count). The van der Waals surface area contributed by atoms with Gasteiger partial charge in [0.15, 0.2) is 0 Å². The molecule has 0 unspecified atom stereocenters. The molecule has 0 aliphatic carbocycles. The number of carboxylic acid groups (broad SMARTS) is 2. The van der Waals surface area contributed by atoms with Crippen molar-refractivity contribution in [2.75, 3.05) is 7.05 Å². The van der Waals surface area contributed by atoms with Gasteiger partial charge < -0.3 is 20.4 Å². The fourth-order valence-corrected chi connectivity index (χ4v) is 2.23. The minimum absolute atomic E-state index is 0.280. The minimum atomic E-state index is -1.45. The van der Waals surface area contributed by atoms with Crippen molar-refractivity contribution in [1.29, 1.82) is 0 Å². The summed E-state index contributed by atoms with van der Waals surface area (Å²) in [7, 11) is 1.49. The van der Waals surface area contributed by atoms with Crippen LogP contribution >= 0.6 is 11.3 Å². The number of nitrogens with zero attached hydrogens (tertiary/aromatic N) is 2. The molecule has 110 valence electrons. The van der Waals surface area contributed by atoms with Crippen molar-refractivity contribution in [3.05, 3.63) is 16.1 Å². The minimum Gasteiger partial charge on any atom is -0.481 e. The Labute approximate surface area is 119 Å². The number of rotatable bonds is 6. The van der Waals surface area contributed by atoms with Gasteiger partial charge in [-0.15, -0.1) is 11.3 Å². The molecule has 1 aromatic rings.